The van der Waals surface area contributed by atoms with Crippen LogP contribution in [0.15, 0.2) is 11.4 Å². The molecule has 1 saturated heterocycles. The van der Waals surface area contributed by atoms with Gasteiger partial charge in [-0.25, -0.2) is 0 Å². The zero-order valence-corrected chi connectivity index (χ0v) is 12.7. The summed E-state index contributed by atoms with van der Waals surface area (Å²) >= 11 is 1.89. The maximum absolute atomic E-state index is 3.66. The molecule has 1 aliphatic rings. The Labute approximate surface area is 115 Å². The van der Waals surface area contributed by atoms with Gasteiger partial charge in [-0.3, -0.25) is 0 Å². The summed E-state index contributed by atoms with van der Waals surface area (Å²) < 4.78 is 0. The summed E-state index contributed by atoms with van der Waals surface area (Å²) in [4.78, 5) is 1.52. The quantitative estimate of drug-likeness (QED) is 0.856. The summed E-state index contributed by atoms with van der Waals surface area (Å²) in [6, 6.07) is 2.91. The van der Waals surface area contributed by atoms with E-state index < -0.39 is 0 Å². The monoisotopic (exact) mass is 266 g/mol. The lowest BCUT2D eigenvalue weighted by molar-refractivity contribution is 0.367. The molecule has 0 saturated carbocycles. The SMILES string of the molecule is Cc1ccsc1C(C)(C)CNCC1CCCCN1. The minimum Gasteiger partial charge on any atom is -0.314 e. The van der Waals surface area contributed by atoms with Gasteiger partial charge in [0.2, 0.25) is 0 Å². The zero-order chi connectivity index (χ0) is 13.0. The Balaban J connectivity index is 1.80. The van der Waals surface area contributed by atoms with Gasteiger partial charge in [0.25, 0.3) is 0 Å². The van der Waals surface area contributed by atoms with Crippen molar-refractivity contribution >= 4 is 11.3 Å². The van der Waals surface area contributed by atoms with Crippen molar-refractivity contribution in [3.05, 3.63) is 21.9 Å². The van der Waals surface area contributed by atoms with Gasteiger partial charge in [0.05, 0.1) is 0 Å². The van der Waals surface area contributed by atoms with Gasteiger partial charge in [0.15, 0.2) is 0 Å². The molecule has 18 heavy (non-hydrogen) atoms. The van der Waals surface area contributed by atoms with E-state index in [-0.39, 0.29) is 5.41 Å². The number of thiophene rings is 1. The van der Waals surface area contributed by atoms with Crippen molar-refractivity contribution in [3.63, 3.8) is 0 Å². The topological polar surface area (TPSA) is 24.1 Å². The van der Waals surface area contributed by atoms with Crippen LogP contribution in [-0.2, 0) is 5.41 Å². The molecule has 0 aromatic carbocycles. The normalized spacial score (nSPS) is 21.2. The Morgan fingerprint density at radius 2 is 2.28 bits per heavy atom. The van der Waals surface area contributed by atoms with Gasteiger partial charge in [0.1, 0.15) is 0 Å². The molecule has 0 aliphatic carbocycles. The molecule has 0 bridgehead atoms. The van der Waals surface area contributed by atoms with E-state index in [0.717, 1.165) is 13.1 Å². The van der Waals surface area contributed by atoms with E-state index in [9.17, 15) is 0 Å². The molecule has 2 heterocycles. The molecule has 1 aliphatic heterocycles. The molecule has 1 aromatic heterocycles. The molecule has 1 aromatic rings. The molecule has 2 rings (SSSR count). The van der Waals surface area contributed by atoms with Crippen LogP contribution in [0.4, 0.5) is 0 Å². The maximum Gasteiger partial charge on any atom is 0.0192 e. The number of hydrogen-bond donors (Lipinski definition) is 2. The lowest BCUT2D eigenvalue weighted by Crippen LogP contribution is -2.44. The first kappa shape index (κ1) is 14.0. The van der Waals surface area contributed by atoms with Crippen molar-refractivity contribution in [2.24, 2.45) is 0 Å². The van der Waals surface area contributed by atoms with Gasteiger partial charge in [0, 0.05) is 29.4 Å². The predicted octanol–water partition coefficient (Wildman–Crippen LogP) is 3.07. The highest BCUT2D eigenvalue weighted by Gasteiger charge is 2.24. The van der Waals surface area contributed by atoms with Crippen LogP contribution in [0.1, 0.15) is 43.6 Å². The molecule has 3 heteroatoms. The molecule has 1 atom stereocenters. The van der Waals surface area contributed by atoms with Gasteiger partial charge in [-0.1, -0.05) is 20.3 Å². The van der Waals surface area contributed by atoms with Gasteiger partial charge in [-0.05, 0) is 43.3 Å². The fourth-order valence-corrected chi connectivity index (χ4v) is 3.86. The highest BCUT2D eigenvalue weighted by atomic mass is 32.1. The van der Waals surface area contributed by atoms with E-state index >= 15 is 0 Å². The number of nitrogens with one attached hydrogen (secondary N) is 2. The Bertz CT molecular complexity index is 364. The molecule has 0 amide bonds. The van der Waals surface area contributed by atoms with E-state index in [1.54, 1.807) is 0 Å². The van der Waals surface area contributed by atoms with Crippen molar-refractivity contribution in [1.29, 1.82) is 0 Å². The Kier molecular flexibility index (Phi) is 4.82. The summed E-state index contributed by atoms with van der Waals surface area (Å²) in [5.41, 5.74) is 1.68. The first-order valence-corrected chi connectivity index (χ1v) is 7.96. The molecule has 2 nitrogen and oxygen atoms in total. The largest absolute Gasteiger partial charge is 0.314 e. The third-order valence-corrected chi connectivity index (χ3v) is 5.23. The second kappa shape index (κ2) is 6.18. The second-order valence-corrected chi connectivity index (χ2v) is 7.01. The summed E-state index contributed by atoms with van der Waals surface area (Å²) in [5, 5.41) is 9.45. The van der Waals surface area contributed by atoms with E-state index in [2.05, 4.69) is 42.9 Å². The molecular weight excluding hydrogens is 240 g/mol. The minimum atomic E-state index is 0.243. The fourth-order valence-electron chi connectivity index (χ4n) is 2.80. The summed E-state index contributed by atoms with van der Waals surface area (Å²) in [5.74, 6) is 0. The van der Waals surface area contributed by atoms with Crippen molar-refractivity contribution in [1.82, 2.24) is 10.6 Å². The Morgan fingerprint density at radius 3 is 2.89 bits per heavy atom. The lowest BCUT2D eigenvalue weighted by Gasteiger charge is -2.28. The minimum absolute atomic E-state index is 0.243. The van der Waals surface area contributed by atoms with Crippen LogP contribution < -0.4 is 10.6 Å². The van der Waals surface area contributed by atoms with Crippen LogP contribution in [-0.4, -0.2) is 25.7 Å². The smallest absolute Gasteiger partial charge is 0.0192 e. The number of hydrogen-bond acceptors (Lipinski definition) is 3. The molecule has 1 unspecified atom stereocenters. The third-order valence-electron chi connectivity index (χ3n) is 3.85. The second-order valence-electron chi connectivity index (χ2n) is 6.09. The number of aryl methyl sites for hydroxylation is 1. The molecule has 102 valence electrons. The van der Waals surface area contributed by atoms with E-state index in [1.807, 2.05) is 11.3 Å². The number of piperidine rings is 1. The summed E-state index contributed by atoms with van der Waals surface area (Å²) in [6.45, 7) is 10.3. The highest BCUT2D eigenvalue weighted by molar-refractivity contribution is 7.10. The Hall–Kier alpha value is -0.380. The molecule has 0 radical (unpaired) electrons. The van der Waals surface area contributed by atoms with Crippen LogP contribution >= 0.6 is 11.3 Å². The summed E-state index contributed by atoms with van der Waals surface area (Å²) in [6.07, 6.45) is 4.05. The van der Waals surface area contributed by atoms with Gasteiger partial charge >= 0.3 is 0 Å². The first-order valence-electron chi connectivity index (χ1n) is 7.08. The van der Waals surface area contributed by atoms with Crippen molar-refractivity contribution in [3.8, 4) is 0 Å². The van der Waals surface area contributed by atoms with Crippen LogP contribution in [0.3, 0.4) is 0 Å². The van der Waals surface area contributed by atoms with Crippen molar-refractivity contribution in [2.45, 2.75) is 51.5 Å². The highest BCUT2D eigenvalue weighted by Crippen LogP contribution is 2.30. The average Bonchev–Trinajstić information content (AvgIpc) is 2.77. The van der Waals surface area contributed by atoms with Crippen LogP contribution in [0.5, 0.6) is 0 Å². The average molecular weight is 266 g/mol. The lowest BCUT2D eigenvalue weighted by atomic mass is 9.89. The van der Waals surface area contributed by atoms with Gasteiger partial charge in [-0.15, -0.1) is 11.3 Å². The number of rotatable bonds is 5. The molecule has 2 N–H and O–H groups in total. The van der Waals surface area contributed by atoms with E-state index in [4.69, 9.17) is 0 Å². The van der Waals surface area contributed by atoms with Gasteiger partial charge < -0.3 is 10.6 Å². The molecule has 1 fully saturated rings. The van der Waals surface area contributed by atoms with Crippen LogP contribution in [0, 0.1) is 6.92 Å². The standard InChI is InChI=1S/C15H26N2S/c1-12-7-9-18-14(12)15(2,3)11-16-10-13-6-4-5-8-17-13/h7,9,13,16-17H,4-6,8,10-11H2,1-3H3. The van der Waals surface area contributed by atoms with Crippen LogP contribution in [0.2, 0.25) is 0 Å². The van der Waals surface area contributed by atoms with E-state index in [1.165, 1.54) is 36.2 Å². The summed E-state index contributed by atoms with van der Waals surface area (Å²) in [7, 11) is 0. The van der Waals surface area contributed by atoms with Crippen molar-refractivity contribution in [2.75, 3.05) is 19.6 Å². The zero-order valence-electron chi connectivity index (χ0n) is 11.9. The van der Waals surface area contributed by atoms with Crippen LogP contribution in [0.25, 0.3) is 0 Å². The predicted molar refractivity (Wildman–Crippen MR) is 80.6 cm³/mol. The van der Waals surface area contributed by atoms with Crippen molar-refractivity contribution < 1.29 is 0 Å². The third kappa shape index (κ3) is 3.56. The maximum atomic E-state index is 3.66. The molecule has 0 spiro atoms. The molecular formula is C15H26N2S. The van der Waals surface area contributed by atoms with E-state index in [0.29, 0.717) is 6.04 Å². The Morgan fingerprint density at radius 1 is 1.44 bits per heavy atom. The fraction of sp³-hybridized carbons (Fsp3) is 0.733. The van der Waals surface area contributed by atoms with Gasteiger partial charge in [-0.2, -0.15) is 0 Å². The first-order chi connectivity index (χ1) is 8.59.